The molecule has 5 nitrogen and oxygen atoms in total. The van der Waals surface area contributed by atoms with Crippen molar-refractivity contribution in [3.8, 4) is 0 Å². The van der Waals surface area contributed by atoms with Crippen molar-refractivity contribution in [2.45, 2.75) is 12.2 Å². The fraction of sp³-hybridized carbons (Fsp3) is 0.286. The van der Waals surface area contributed by atoms with Crippen LogP contribution in [0.25, 0.3) is 0 Å². The Morgan fingerprint density at radius 3 is 2.42 bits per heavy atom. The number of ether oxygens (including phenoxy) is 2. The second kappa shape index (κ2) is 5.77. The van der Waals surface area contributed by atoms with E-state index in [9.17, 15) is 5.21 Å². The Kier molecular flexibility index (Phi) is 4.09. The molecule has 0 heterocycles. The van der Waals surface area contributed by atoms with Crippen LogP contribution in [0, 0.1) is 5.21 Å². The summed E-state index contributed by atoms with van der Waals surface area (Å²) in [7, 11) is 3.13. The van der Waals surface area contributed by atoms with Crippen LogP contribution in [-0.4, -0.2) is 24.9 Å². The van der Waals surface area contributed by atoms with Crippen molar-refractivity contribution >= 4 is 5.69 Å². The van der Waals surface area contributed by atoms with Crippen LogP contribution < -0.4 is 0 Å². The van der Waals surface area contributed by atoms with Gasteiger partial charge in [-0.2, -0.15) is 0 Å². The number of methoxy groups -OCH3 is 2. The zero-order chi connectivity index (χ0) is 13.7. The van der Waals surface area contributed by atoms with Crippen LogP contribution in [0.5, 0.6) is 0 Å². The predicted octanol–water partition coefficient (Wildman–Crippen LogP) is 3.11. The van der Waals surface area contributed by atoms with Crippen molar-refractivity contribution in [1.82, 2.24) is 0 Å². The number of azo groups is 1. The Morgan fingerprint density at radius 2 is 1.89 bits per heavy atom. The summed E-state index contributed by atoms with van der Waals surface area (Å²) < 4.78 is 10.5. The van der Waals surface area contributed by atoms with Gasteiger partial charge in [0.1, 0.15) is 5.69 Å². The highest BCUT2D eigenvalue weighted by Crippen LogP contribution is 2.25. The standard InChI is InChI=1S/C14H16N2O3/c1-18-14(19-2)10-8-13(9-11-14)16(17)15-12-6-4-3-5-7-12/h3-10H,11H2,1-2H3. The van der Waals surface area contributed by atoms with E-state index in [0.29, 0.717) is 22.7 Å². The third-order valence-electron chi connectivity index (χ3n) is 2.98. The molecule has 0 saturated heterocycles. The van der Waals surface area contributed by atoms with E-state index in [1.807, 2.05) is 18.2 Å². The lowest BCUT2D eigenvalue weighted by Gasteiger charge is -2.27. The summed E-state index contributed by atoms with van der Waals surface area (Å²) in [6.07, 6.45) is 5.57. The highest BCUT2D eigenvalue weighted by atomic mass is 16.7. The minimum absolute atomic E-state index is 0.466. The third kappa shape index (κ3) is 3.07. The van der Waals surface area contributed by atoms with E-state index in [4.69, 9.17) is 9.47 Å². The van der Waals surface area contributed by atoms with Crippen molar-refractivity contribution in [2.24, 2.45) is 5.11 Å². The number of allylic oxidation sites excluding steroid dienone is 1. The van der Waals surface area contributed by atoms with Gasteiger partial charge in [0.25, 0.3) is 0 Å². The van der Waals surface area contributed by atoms with E-state index in [2.05, 4.69) is 5.11 Å². The van der Waals surface area contributed by atoms with Gasteiger partial charge in [-0.15, -0.1) is 0 Å². The van der Waals surface area contributed by atoms with Crippen LogP contribution in [0.1, 0.15) is 6.42 Å². The van der Waals surface area contributed by atoms with E-state index in [1.54, 1.807) is 44.6 Å². The maximum Gasteiger partial charge on any atom is 0.241 e. The molecule has 1 aliphatic carbocycles. The maximum absolute atomic E-state index is 11.9. The van der Waals surface area contributed by atoms with Crippen LogP contribution >= 0.6 is 0 Å². The lowest BCUT2D eigenvalue weighted by Crippen LogP contribution is -2.32. The lowest BCUT2D eigenvalue weighted by molar-refractivity contribution is -0.468. The van der Waals surface area contributed by atoms with Gasteiger partial charge in [-0.05, 0) is 24.3 Å². The molecular formula is C14H16N2O3. The van der Waals surface area contributed by atoms with Gasteiger partial charge in [-0.25, -0.2) is 0 Å². The van der Waals surface area contributed by atoms with Crippen molar-refractivity contribution in [3.05, 3.63) is 59.5 Å². The molecule has 0 spiro atoms. The van der Waals surface area contributed by atoms with Gasteiger partial charge in [0.2, 0.25) is 5.70 Å². The van der Waals surface area contributed by atoms with E-state index in [1.165, 1.54) is 0 Å². The molecule has 0 fully saturated rings. The Bertz CT molecular complexity index is 517. The van der Waals surface area contributed by atoms with Gasteiger partial charge in [0.15, 0.2) is 5.79 Å². The molecule has 0 unspecified atom stereocenters. The van der Waals surface area contributed by atoms with Crippen LogP contribution in [0.2, 0.25) is 0 Å². The topological polar surface area (TPSA) is 56.9 Å². The molecular weight excluding hydrogens is 244 g/mol. The van der Waals surface area contributed by atoms with Gasteiger partial charge in [0.05, 0.1) is 0 Å². The summed E-state index contributed by atoms with van der Waals surface area (Å²) in [4.78, 5) is 0.598. The lowest BCUT2D eigenvalue weighted by atomic mass is 10.1. The summed E-state index contributed by atoms with van der Waals surface area (Å²) in [5.74, 6) is -0.781. The highest BCUT2D eigenvalue weighted by Gasteiger charge is 2.29. The first-order valence-corrected chi connectivity index (χ1v) is 5.93. The SMILES string of the molecule is COC1(OC)C=CC([N+]([O-])=Nc2ccccc2)=CC1. The zero-order valence-electron chi connectivity index (χ0n) is 10.9. The molecule has 0 amide bonds. The Labute approximate surface area is 112 Å². The normalized spacial score (nSPS) is 18.2. The van der Waals surface area contributed by atoms with Crippen LogP contribution in [0.15, 0.2) is 59.4 Å². The average molecular weight is 260 g/mol. The number of rotatable bonds is 4. The molecule has 1 aromatic carbocycles. The average Bonchev–Trinajstić information content (AvgIpc) is 2.48. The van der Waals surface area contributed by atoms with Crippen LogP contribution in [0.4, 0.5) is 5.69 Å². The van der Waals surface area contributed by atoms with E-state index in [0.717, 1.165) is 0 Å². The van der Waals surface area contributed by atoms with Crippen molar-refractivity contribution in [2.75, 3.05) is 14.2 Å². The van der Waals surface area contributed by atoms with Crippen molar-refractivity contribution in [1.29, 1.82) is 0 Å². The smallest absolute Gasteiger partial charge is 0.241 e. The number of hydroxylamine groups is 1. The second-order valence-electron chi connectivity index (χ2n) is 4.10. The molecule has 1 aromatic rings. The fourth-order valence-electron chi connectivity index (χ4n) is 1.78. The third-order valence-corrected chi connectivity index (χ3v) is 2.98. The van der Waals surface area contributed by atoms with Crippen molar-refractivity contribution < 1.29 is 14.3 Å². The van der Waals surface area contributed by atoms with Gasteiger partial charge in [-0.3, -0.25) is 0 Å². The fourth-order valence-corrected chi connectivity index (χ4v) is 1.78. The summed E-state index contributed by atoms with van der Waals surface area (Å²) in [6, 6.07) is 9.08. The molecule has 0 bridgehead atoms. The van der Waals surface area contributed by atoms with Crippen molar-refractivity contribution in [3.63, 3.8) is 0 Å². The molecule has 0 radical (unpaired) electrons. The Morgan fingerprint density at radius 1 is 1.21 bits per heavy atom. The van der Waals surface area contributed by atoms with E-state index < -0.39 is 5.79 Å². The van der Waals surface area contributed by atoms with Gasteiger partial charge in [-0.1, -0.05) is 23.1 Å². The first-order chi connectivity index (χ1) is 9.19. The predicted molar refractivity (Wildman–Crippen MR) is 70.7 cm³/mol. The molecule has 1 aliphatic rings. The molecule has 100 valence electrons. The summed E-state index contributed by atoms with van der Waals surface area (Å²) in [5.41, 5.74) is 1.08. The maximum atomic E-state index is 11.9. The zero-order valence-corrected chi connectivity index (χ0v) is 10.9. The first-order valence-electron chi connectivity index (χ1n) is 5.93. The molecule has 5 heteroatoms. The first kappa shape index (κ1) is 13.5. The monoisotopic (exact) mass is 260 g/mol. The molecule has 0 saturated carbocycles. The van der Waals surface area contributed by atoms with Gasteiger partial charge >= 0.3 is 0 Å². The molecule has 0 aliphatic heterocycles. The number of hydrogen-bond donors (Lipinski definition) is 0. The van der Waals surface area contributed by atoms with E-state index in [-0.39, 0.29) is 0 Å². The molecule has 0 atom stereocenters. The quantitative estimate of drug-likeness (QED) is 0.362. The number of benzene rings is 1. The Hall–Kier alpha value is -1.98. The largest absolute Gasteiger partial charge is 0.594 e. The Balaban J connectivity index is 2.15. The van der Waals surface area contributed by atoms with E-state index >= 15 is 0 Å². The van der Waals surface area contributed by atoms with Gasteiger partial charge < -0.3 is 14.7 Å². The highest BCUT2D eigenvalue weighted by molar-refractivity contribution is 5.34. The summed E-state index contributed by atoms with van der Waals surface area (Å²) in [5, 5.41) is 15.9. The minimum atomic E-state index is -0.781. The summed E-state index contributed by atoms with van der Waals surface area (Å²) >= 11 is 0. The molecule has 0 N–H and O–H groups in total. The summed E-state index contributed by atoms with van der Waals surface area (Å²) in [6.45, 7) is 0. The number of nitrogens with zero attached hydrogens (tertiary/aromatic N) is 2. The molecule has 0 aromatic heterocycles. The van der Waals surface area contributed by atoms with Crippen LogP contribution in [-0.2, 0) is 9.47 Å². The molecule has 2 rings (SSSR count). The van der Waals surface area contributed by atoms with Crippen LogP contribution in [0.3, 0.4) is 0 Å². The second-order valence-corrected chi connectivity index (χ2v) is 4.10. The molecule has 19 heavy (non-hydrogen) atoms. The minimum Gasteiger partial charge on any atom is -0.594 e. The van der Waals surface area contributed by atoms with Gasteiger partial charge in [0, 0.05) is 31.8 Å². The number of hydrogen-bond acceptors (Lipinski definition) is 4.